The Kier molecular flexibility index (Phi) is 5.54. The second-order valence-corrected chi connectivity index (χ2v) is 9.52. The molecule has 37 heavy (non-hydrogen) atoms. The van der Waals surface area contributed by atoms with Crippen molar-refractivity contribution in [3.05, 3.63) is 83.3 Å². The van der Waals surface area contributed by atoms with Crippen molar-refractivity contribution in [3.63, 3.8) is 0 Å². The van der Waals surface area contributed by atoms with Gasteiger partial charge in [0, 0.05) is 29.4 Å². The van der Waals surface area contributed by atoms with Crippen LogP contribution in [-0.4, -0.2) is 45.6 Å². The van der Waals surface area contributed by atoms with Crippen LogP contribution >= 0.6 is 0 Å². The molecule has 1 atom stereocenters. The van der Waals surface area contributed by atoms with Gasteiger partial charge in [0.15, 0.2) is 0 Å². The minimum Gasteiger partial charge on any atom is -0.494 e. The highest BCUT2D eigenvalue weighted by atomic mass is 19.3. The third kappa shape index (κ3) is 4.36. The Hall–Kier alpha value is -4.08. The number of imidazole rings is 1. The largest absolute Gasteiger partial charge is 0.494 e. The molecule has 1 unspecified atom stereocenters. The minimum atomic E-state index is -2.73. The molecule has 1 fully saturated rings. The lowest BCUT2D eigenvalue weighted by Gasteiger charge is -2.40. The maximum atomic E-state index is 13.8. The van der Waals surface area contributed by atoms with Gasteiger partial charge in [-0.05, 0) is 49.6 Å². The number of benzene rings is 2. The van der Waals surface area contributed by atoms with Crippen molar-refractivity contribution in [2.24, 2.45) is 0 Å². The summed E-state index contributed by atoms with van der Waals surface area (Å²) in [6.07, 6.45) is 5.04. The number of fused-ring (bicyclic) bond motifs is 1. The second kappa shape index (κ2) is 8.79. The first kappa shape index (κ1) is 23.3. The summed E-state index contributed by atoms with van der Waals surface area (Å²) in [6.45, 7) is 1.17. The first-order chi connectivity index (χ1) is 17.8. The predicted octanol–water partition coefficient (Wildman–Crippen LogP) is 5.40. The summed E-state index contributed by atoms with van der Waals surface area (Å²) >= 11 is 0. The average Bonchev–Trinajstić information content (AvgIpc) is 3.49. The molecule has 10 heteroatoms. The lowest BCUT2D eigenvalue weighted by atomic mass is 9.96. The van der Waals surface area contributed by atoms with Gasteiger partial charge in [-0.1, -0.05) is 12.1 Å². The van der Waals surface area contributed by atoms with E-state index in [1.54, 1.807) is 30.5 Å². The van der Waals surface area contributed by atoms with E-state index in [-0.39, 0.29) is 24.8 Å². The van der Waals surface area contributed by atoms with Gasteiger partial charge >= 0.3 is 0 Å². The molecular weight excluding hydrogens is 481 g/mol. The van der Waals surface area contributed by atoms with E-state index >= 15 is 0 Å². The van der Waals surface area contributed by atoms with Crippen molar-refractivity contribution in [2.45, 2.75) is 31.6 Å². The van der Waals surface area contributed by atoms with Crippen LogP contribution in [0.4, 0.5) is 30.6 Å². The highest BCUT2D eigenvalue weighted by Crippen LogP contribution is 2.43. The number of hydrogen-bond acceptors (Lipinski definition) is 6. The molecule has 1 saturated heterocycles. The van der Waals surface area contributed by atoms with Crippen molar-refractivity contribution in [1.29, 1.82) is 0 Å². The third-order valence-electron chi connectivity index (χ3n) is 6.87. The van der Waals surface area contributed by atoms with Gasteiger partial charge in [0.05, 0.1) is 43.6 Å². The van der Waals surface area contributed by atoms with E-state index in [4.69, 9.17) is 9.72 Å². The second-order valence-electron chi connectivity index (χ2n) is 9.52. The highest BCUT2D eigenvalue weighted by molar-refractivity contribution is 5.65. The summed E-state index contributed by atoms with van der Waals surface area (Å²) in [5.41, 5.74) is 4.99. The lowest BCUT2D eigenvalue weighted by molar-refractivity contribution is -0.0267. The molecule has 1 aliphatic heterocycles. The molecule has 0 saturated carbocycles. The molecule has 7 nitrogen and oxygen atoms in total. The number of ether oxygens (including phenoxy) is 1. The summed E-state index contributed by atoms with van der Waals surface area (Å²) in [4.78, 5) is 15.4. The van der Waals surface area contributed by atoms with Gasteiger partial charge in [0.25, 0.3) is 5.92 Å². The van der Waals surface area contributed by atoms with Crippen molar-refractivity contribution in [2.75, 3.05) is 30.4 Å². The normalized spacial score (nSPS) is 17.9. The maximum absolute atomic E-state index is 13.8. The van der Waals surface area contributed by atoms with E-state index in [1.165, 1.54) is 12.1 Å². The summed E-state index contributed by atoms with van der Waals surface area (Å²) in [6, 6.07) is 12.0. The Labute approximate surface area is 212 Å². The molecule has 0 radical (unpaired) electrons. The van der Waals surface area contributed by atoms with E-state index in [0.29, 0.717) is 29.6 Å². The Morgan fingerprint density at radius 3 is 2.54 bits per heavy atom. The predicted molar refractivity (Wildman–Crippen MR) is 134 cm³/mol. The van der Waals surface area contributed by atoms with E-state index in [2.05, 4.69) is 15.3 Å². The third-order valence-corrected chi connectivity index (χ3v) is 6.87. The molecule has 6 rings (SSSR count). The molecule has 2 aliphatic rings. The zero-order valence-electron chi connectivity index (χ0n) is 20.4. The molecule has 1 aliphatic carbocycles. The summed E-state index contributed by atoms with van der Waals surface area (Å²) in [5.74, 6) is -1.64. The topological polar surface area (TPSA) is 68.1 Å². The standard InChI is InChI=1S/C27H25F3N6O/c1-16-12-35(15-31-16)22-10-7-19(11-23(22)37-2)32-26-33-24-20(17-3-5-18(28)6-4-17)8-9-21(24)25(34-26)36-13-27(29,30)14-36/h3-7,10-12,15,20H,8-9,13-14H2,1-2H3,(H,32,33,34). The average molecular weight is 507 g/mol. The number of nitrogens with zero attached hydrogens (tertiary/aromatic N) is 5. The Bertz CT molecular complexity index is 1460. The smallest absolute Gasteiger partial charge is 0.282 e. The minimum absolute atomic E-state index is 0.0684. The summed E-state index contributed by atoms with van der Waals surface area (Å²) < 4.78 is 48.5. The lowest BCUT2D eigenvalue weighted by Crippen LogP contribution is -2.57. The number of alkyl halides is 2. The van der Waals surface area contributed by atoms with E-state index in [0.717, 1.165) is 34.6 Å². The van der Waals surface area contributed by atoms with E-state index in [9.17, 15) is 13.2 Å². The van der Waals surface area contributed by atoms with Gasteiger partial charge in [-0.25, -0.2) is 23.1 Å². The fourth-order valence-corrected chi connectivity index (χ4v) is 5.09. The summed E-state index contributed by atoms with van der Waals surface area (Å²) in [5, 5.41) is 3.24. The molecule has 0 amide bonds. The van der Waals surface area contributed by atoms with Crippen molar-refractivity contribution in [3.8, 4) is 11.4 Å². The Morgan fingerprint density at radius 1 is 1.08 bits per heavy atom. The summed E-state index contributed by atoms with van der Waals surface area (Å²) in [7, 11) is 1.59. The molecule has 1 N–H and O–H groups in total. The molecule has 4 aromatic rings. The van der Waals surface area contributed by atoms with Crippen LogP contribution in [0.5, 0.6) is 5.75 Å². The van der Waals surface area contributed by atoms with Gasteiger partial charge in [-0.2, -0.15) is 4.98 Å². The number of aryl methyl sites for hydroxylation is 1. The molecule has 2 aromatic carbocycles. The van der Waals surface area contributed by atoms with Crippen LogP contribution in [0.25, 0.3) is 5.69 Å². The van der Waals surface area contributed by atoms with Crippen LogP contribution in [0.15, 0.2) is 55.0 Å². The number of hydrogen-bond donors (Lipinski definition) is 1. The van der Waals surface area contributed by atoms with Crippen molar-refractivity contribution in [1.82, 2.24) is 19.5 Å². The van der Waals surface area contributed by atoms with Gasteiger partial charge in [0.1, 0.15) is 17.4 Å². The molecule has 2 aromatic heterocycles. The first-order valence-corrected chi connectivity index (χ1v) is 12.0. The van der Waals surface area contributed by atoms with Gasteiger partial charge in [-0.15, -0.1) is 0 Å². The number of nitrogens with one attached hydrogen (secondary N) is 1. The molecule has 190 valence electrons. The van der Waals surface area contributed by atoms with Gasteiger partial charge in [-0.3, -0.25) is 0 Å². The van der Waals surface area contributed by atoms with Crippen LogP contribution in [0.2, 0.25) is 0 Å². The van der Waals surface area contributed by atoms with Crippen LogP contribution in [0.3, 0.4) is 0 Å². The molecular formula is C27H25F3N6O. The van der Waals surface area contributed by atoms with Crippen LogP contribution in [-0.2, 0) is 6.42 Å². The SMILES string of the molecule is COc1cc(Nc2nc3c(c(N4CC(F)(F)C4)n2)CCC3c2ccc(F)cc2)ccc1-n1cnc(C)c1. The number of rotatable bonds is 6. The quantitative estimate of drug-likeness (QED) is 0.378. The van der Waals surface area contributed by atoms with E-state index in [1.807, 2.05) is 35.9 Å². The number of aromatic nitrogens is 4. The highest BCUT2D eigenvalue weighted by Gasteiger charge is 2.46. The number of anilines is 3. The number of methoxy groups -OCH3 is 1. The van der Waals surface area contributed by atoms with Crippen molar-refractivity contribution < 1.29 is 17.9 Å². The first-order valence-electron chi connectivity index (χ1n) is 12.0. The van der Waals surface area contributed by atoms with Gasteiger partial charge in [0.2, 0.25) is 5.95 Å². The maximum Gasteiger partial charge on any atom is 0.282 e. The van der Waals surface area contributed by atoms with Crippen LogP contribution in [0, 0.1) is 12.7 Å². The zero-order chi connectivity index (χ0) is 25.7. The molecule has 0 spiro atoms. The number of halogens is 3. The Morgan fingerprint density at radius 2 is 1.86 bits per heavy atom. The molecule has 0 bridgehead atoms. The van der Waals surface area contributed by atoms with Crippen LogP contribution < -0.4 is 15.0 Å². The van der Waals surface area contributed by atoms with Crippen molar-refractivity contribution >= 4 is 17.5 Å². The fourth-order valence-electron chi connectivity index (χ4n) is 5.09. The molecule has 3 heterocycles. The fraction of sp³-hybridized carbons (Fsp3) is 0.296. The van der Waals surface area contributed by atoms with Crippen LogP contribution in [0.1, 0.15) is 34.9 Å². The van der Waals surface area contributed by atoms with E-state index < -0.39 is 5.92 Å². The van der Waals surface area contributed by atoms with Gasteiger partial charge < -0.3 is 19.5 Å². The monoisotopic (exact) mass is 506 g/mol. The Balaban J connectivity index is 1.37. The zero-order valence-corrected chi connectivity index (χ0v) is 20.4.